The number of hydrogen-bond acceptors (Lipinski definition) is 6. The van der Waals surface area contributed by atoms with E-state index >= 15 is 8.78 Å². The van der Waals surface area contributed by atoms with Gasteiger partial charge >= 0.3 is 5.97 Å². The maximum Gasteiger partial charge on any atom is 0.338 e. The first kappa shape index (κ1) is 27.6. The van der Waals surface area contributed by atoms with Gasteiger partial charge in [-0.1, -0.05) is 26.0 Å². The number of carbonyl (C=O) groups is 1. The van der Waals surface area contributed by atoms with Gasteiger partial charge in [-0.25, -0.2) is 22.9 Å². The summed E-state index contributed by atoms with van der Waals surface area (Å²) < 4.78 is 77.2. The van der Waals surface area contributed by atoms with E-state index in [9.17, 15) is 17.6 Å². The number of aromatic nitrogens is 1. The van der Waals surface area contributed by atoms with Crippen LogP contribution in [0.3, 0.4) is 0 Å². The molecule has 1 aromatic heterocycles. The van der Waals surface area contributed by atoms with E-state index in [-0.39, 0.29) is 27.6 Å². The summed E-state index contributed by atoms with van der Waals surface area (Å²) in [6.45, 7) is 4.28. The average molecular weight is 567 g/mol. The van der Waals surface area contributed by atoms with E-state index in [4.69, 9.17) is 9.84 Å². The maximum absolute atomic E-state index is 15.1. The van der Waals surface area contributed by atoms with Gasteiger partial charge in [0.05, 0.1) is 18.4 Å². The van der Waals surface area contributed by atoms with Gasteiger partial charge in [-0.2, -0.15) is 8.42 Å². The third kappa shape index (κ3) is 5.41. The Morgan fingerprint density at radius 1 is 1.18 bits per heavy atom. The Labute approximate surface area is 222 Å². The number of hydrogen-bond donors (Lipinski definition) is 2. The number of allylic oxidation sites excluding steroid dienone is 2. The number of ether oxygens (including phenoxy) is 1. The number of methoxy groups -OCH3 is 1. The highest BCUT2D eigenvalue weighted by Crippen LogP contribution is 2.38. The average Bonchev–Trinajstić information content (AvgIpc) is 3.36. The molecule has 3 aromatic rings. The molecule has 0 spiro atoms. The third-order valence-electron chi connectivity index (χ3n) is 6.58. The predicted octanol–water partition coefficient (Wildman–Crippen LogP) is 6.57. The van der Waals surface area contributed by atoms with Crippen molar-refractivity contribution in [3.63, 3.8) is 0 Å². The van der Waals surface area contributed by atoms with Crippen LogP contribution in [0.25, 0.3) is 16.1 Å². The van der Waals surface area contributed by atoms with Crippen LogP contribution >= 0.6 is 11.3 Å². The van der Waals surface area contributed by atoms with E-state index in [1.807, 2.05) is 6.08 Å². The van der Waals surface area contributed by atoms with Gasteiger partial charge in [0, 0.05) is 22.6 Å². The highest BCUT2D eigenvalue weighted by atomic mass is 32.2. The van der Waals surface area contributed by atoms with Gasteiger partial charge in [0.25, 0.3) is 10.0 Å². The van der Waals surface area contributed by atoms with E-state index in [0.29, 0.717) is 24.3 Å². The van der Waals surface area contributed by atoms with Crippen molar-refractivity contribution in [3.05, 3.63) is 64.3 Å². The van der Waals surface area contributed by atoms with Gasteiger partial charge in [0.2, 0.25) is 0 Å². The fourth-order valence-electron chi connectivity index (χ4n) is 4.34. The first-order chi connectivity index (χ1) is 17.9. The maximum atomic E-state index is 15.1. The van der Waals surface area contributed by atoms with Crippen molar-refractivity contribution < 1.29 is 36.2 Å². The molecule has 0 aliphatic heterocycles. The number of benzene rings is 2. The van der Waals surface area contributed by atoms with Gasteiger partial charge < -0.3 is 9.84 Å². The second kappa shape index (κ2) is 10.8. The van der Waals surface area contributed by atoms with Gasteiger partial charge in [-0.3, -0.25) is 4.72 Å². The molecule has 0 fully saturated rings. The first-order valence-electron chi connectivity index (χ1n) is 11.7. The zero-order valence-electron chi connectivity index (χ0n) is 20.7. The van der Waals surface area contributed by atoms with Crippen LogP contribution in [0.4, 0.5) is 18.9 Å². The molecule has 7 nitrogen and oxygen atoms in total. The van der Waals surface area contributed by atoms with E-state index < -0.39 is 44.0 Å². The summed E-state index contributed by atoms with van der Waals surface area (Å²) in [5.41, 5.74) is -0.328. The lowest BCUT2D eigenvalue weighted by Gasteiger charge is -2.25. The van der Waals surface area contributed by atoms with Crippen LogP contribution in [-0.2, 0) is 10.0 Å². The van der Waals surface area contributed by atoms with Crippen LogP contribution in [0.1, 0.15) is 49.0 Å². The molecule has 0 bridgehead atoms. The monoisotopic (exact) mass is 566 g/mol. The molecule has 1 aliphatic rings. The van der Waals surface area contributed by atoms with Crippen molar-refractivity contribution in [1.82, 2.24) is 4.98 Å². The van der Waals surface area contributed by atoms with E-state index in [2.05, 4.69) is 23.6 Å². The van der Waals surface area contributed by atoms with E-state index in [1.165, 1.54) is 12.1 Å². The number of nitrogens with zero attached hydrogens (tertiary/aromatic N) is 1. The second-order valence-corrected chi connectivity index (χ2v) is 11.7. The number of thiazole rings is 1. The minimum absolute atomic E-state index is 0.0646. The summed E-state index contributed by atoms with van der Waals surface area (Å²) in [5, 5.41) is 9.61. The zero-order valence-corrected chi connectivity index (χ0v) is 22.4. The number of rotatable bonds is 8. The van der Waals surface area contributed by atoms with Crippen molar-refractivity contribution in [2.75, 3.05) is 11.8 Å². The molecule has 202 valence electrons. The van der Waals surface area contributed by atoms with Crippen LogP contribution in [0.15, 0.2) is 40.7 Å². The molecule has 4 rings (SSSR count). The van der Waals surface area contributed by atoms with Crippen LogP contribution in [0, 0.1) is 29.3 Å². The summed E-state index contributed by atoms with van der Waals surface area (Å²) in [7, 11) is -3.26. The quantitative estimate of drug-likeness (QED) is 0.319. The molecule has 1 aliphatic carbocycles. The largest absolute Gasteiger partial charge is 0.495 e. The number of anilines is 1. The lowest BCUT2D eigenvalue weighted by atomic mass is 9.80. The molecule has 1 atom stereocenters. The minimum Gasteiger partial charge on any atom is -0.495 e. The number of halogens is 3. The van der Waals surface area contributed by atoms with Crippen LogP contribution in [0.2, 0.25) is 0 Å². The fourth-order valence-corrected chi connectivity index (χ4v) is 6.51. The fraction of sp³-hybridized carbons (Fsp3) is 0.308. The number of carboxylic acid groups (broad SMARTS) is 1. The molecular formula is C26H25F3N2O5S2. The highest BCUT2D eigenvalue weighted by molar-refractivity contribution is 7.92. The van der Waals surface area contributed by atoms with Crippen LogP contribution in [0.5, 0.6) is 5.75 Å². The Morgan fingerprint density at radius 2 is 1.87 bits per heavy atom. The molecule has 0 radical (unpaired) electrons. The van der Waals surface area contributed by atoms with E-state index in [0.717, 1.165) is 48.3 Å². The van der Waals surface area contributed by atoms with E-state index in [1.54, 1.807) is 0 Å². The third-order valence-corrected chi connectivity index (χ3v) is 8.85. The van der Waals surface area contributed by atoms with Crippen molar-refractivity contribution in [2.45, 2.75) is 38.1 Å². The number of carboxylic acids is 1. The Balaban J connectivity index is 1.61. The van der Waals surface area contributed by atoms with Gasteiger partial charge in [-0.05, 0) is 48.8 Å². The summed E-state index contributed by atoms with van der Waals surface area (Å²) in [5.74, 6) is -4.11. The topological polar surface area (TPSA) is 106 Å². The summed E-state index contributed by atoms with van der Waals surface area (Å²) in [6.07, 6.45) is 4.28. The lowest BCUT2D eigenvalue weighted by molar-refractivity contribution is 0.0691. The number of nitrogens with one attached hydrogen (secondary N) is 1. The molecule has 2 aromatic carbocycles. The molecule has 2 N–H and O–H groups in total. The summed E-state index contributed by atoms with van der Waals surface area (Å²) in [6, 6.07) is 4.35. The molecule has 0 saturated carbocycles. The Kier molecular flexibility index (Phi) is 7.84. The summed E-state index contributed by atoms with van der Waals surface area (Å²) >= 11 is 0.793. The Hall–Kier alpha value is -3.38. The van der Waals surface area contributed by atoms with Crippen LogP contribution in [-0.4, -0.2) is 31.6 Å². The van der Waals surface area contributed by atoms with Crippen molar-refractivity contribution >= 4 is 38.6 Å². The smallest absolute Gasteiger partial charge is 0.338 e. The van der Waals surface area contributed by atoms with Crippen molar-refractivity contribution in [3.8, 4) is 16.3 Å². The summed E-state index contributed by atoms with van der Waals surface area (Å²) in [4.78, 5) is 15.1. The number of sulfonamides is 1. The number of aromatic carboxylic acids is 1. The second-order valence-electron chi connectivity index (χ2n) is 9.23. The molecule has 12 heteroatoms. The SMILES string of the molecule is COc1cc(C(=O)O)c(F)cc1NS(=O)(=O)c1csc(-c2ccc(C3=CCC(C(C)C)CC3)c(F)c2F)n1. The predicted molar refractivity (Wildman–Crippen MR) is 138 cm³/mol. The first-order valence-corrected chi connectivity index (χ1v) is 14.1. The molecule has 38 heavy (non-hydrogen) atoms. The van der Waals surface area contributed by atoms with Crippen LogP contribution < -0.4 is 9.46 Å². The Morgan fingerprint density at radius 3 is 2.47 bits per heavy atom. The van der Waals surface area contributed by atoms with Crippen molar-refractivity contribution in [1.29, 1.82) is 0 Å². The molecule has 1 unspecified atom stereocenters. The van der Waals surface area contributed by atoms with Gasteiger partial charge in [0.1, 0.15) is 16.6 Å². The van der Waals surface area contributed by atoms with Gasteiger partial charge in [0.15, 0.2) is 16.7 Å². The van der Waals surface area contributed by atoms with Crippen molar-refractivity contribution in [2.24, 2.45) is 11.8 Å². The lowest BCUT2D eigenvalue weighted by Crippen LogP contribution is -2.15. The van der Waals surface area contributed by atoms with Gasteiger partial charge in [-0.15, -0.1) is 11.3 Å². The molecule has 0 saturated heterocycles. The molecular weight excluding hydrogens is 541 g/mol. The molecule has 1 heterocycles. The highest BCUT2D eigenvalue weighted by Gasteiger charge is 2.26. The normalized spacial score (nSPS) is 15.9. The standard InChI is InChI=1S/C26H25F3N2O5S2/c1-13(2)14-4-6-15(7-5-14)16-8-9-17(24(29)23(16)28)25-30-22(12-37-25)38(34,35)31-20-11-19(27)18(26(32)33)10-21(20)36-3/h6,8-14,31H,4-5,7H2,1-3H3,(H,32,33). The molecule has 0 amide bonds. The Bertz CT molecular complexity index is 1530. The minimum atomic E-state index is -4.41. The zero-order chi connectivity index (χ0) is 27.8.